The molecule has 0 unspecified atom stereocenters. The summed E-state index contributed by atoms with van der Waals surface area (Å²) in [5, 5.41) is 5.71. The Bertz CT molecular complexity index is 1070. The number of hydrogen-bond donors (Lipinski definition) is 2. The van der Waals surface area contributed by atoms with E-state index in [0.29, 0.717) is 42.0 Å². The van der Waals surface area contributed by atoms with Crippen molar-refractivity contribution in [2.24, 2.45) is 5.92 Å². The fourth-order valence-electron chi connectivity index (χ4n) is 3.11. The van der Waals surface area contributed by atoms with E-state index in [0.717, 1.165) is 25.5 Å². The van der Waals surface area contributed by atoms with Crippen molar-refractivity contribution in [2.45, 2.75) is 46.2 Å². The quantitative estimate of drug-likeness (QED) is 0.256. The summed E-state index contributed by atoms with van der Waals surface area (Å²) in [6.45, 7) is 7.36. The molecule has 188 valence electrons. The summed E-state index contributed by atoms with van der Waals surface area (Å²) >= 11 is 0. The van der Waals surface area contributed by atoms with E-state index in [4.69, 9.17) is 9.47 Å². The second-order valence-electron chi connectivity index (χ2n) is 8.52. The number of ether oxygens (including phenoxy) is 2. The Morgan fingerprint density at radius 1 is 0.914 bits per heavy atom. The third kappa shape index (κ3) is 8.35. The van der Waals surface area contributed by atoms with Crippen LogP contribution in [0.4, 0.5) is 36.3 Å². The minimum Gasteiger partial charge on any atom is -0.494 e. The first-order chi connectivity index (χ1) is 16.7. The molecule has 0 fully saturated rings. The van der Waals surface area contributed by atoms with E-state index in [1.54, 1.807) is 48.5 Å². The third-order valence-electron chi connectivity index (χ3n) is 4.90. The van der Waals surface area contributed by atoms with Crippen molar-refractivity contribution in [3.05, 3.63) is 60.3 Å². The lowest BCUT2D eigenvalue weighted by Gasteiger charge is -2.16. The van der Waals surface area contributed by atoms with Gasteiger partial charge in [-0.25, -0.2) is 4.98 Å². The Hall–Kier alpha value is -3.49. The Kier molecular flexibility index (Phi) is 9.17. The Labute approximate surface area is 203 Å². The number of aromatic nitrogens is 2. The minimum absolute atomic E-state index is 0.0309. The molecule has 35 heavy (non-hydrogen) atoms. The predicted octanol–water partition coefficient (Wildman–Crippen LogP) is 7.59. The number of anilines is 4. The molecule has 3 rings (SSSR count). The van der Waals surface area contributed by atoms with Crippen LogP contribution in [0.2, 0.25) is 0 Å². The Morgan fingerprint density at radius 3 is 2.37 bits per heavy atom. The number of nitrogens with zero attached hydrogens (tertiary/aromatic N) is 2. The van der Waals surface area contributed by atoms with E-state index >= 15 is 0 Å². The smallest absolute Gasteiger partial charge is 0.421 e. The Morgan fingerprint density at radius 2 is 1.69 bits per heavy atom. The molecule has 3 aromatic rings. The molecule has 0 saturated carbocycles. The van der Waals surface area contributed by atoms with E-state index in [-0.39, 0.29) is 11.8 Å². The first-order valence-corrected chi connectivity index (χ1v) is 11.7. The van der Waals surface area contributed by atoms with Crippen LogP contribution in [0.3, 0.4) is 0 Å². The van der Waals surface area contributed by atoms with Gasteiger partial charge in [-0.05, 0) is 48.7 Å². The lowest BCUT2D eigenvalue weighted by atomic mass is 10.2. The highest BCUT2D eigenvalue weighted by molar-refractivity contribution is 5.64. The van der Waals surface area contributed by atoms with Crippen LogP contribution in [0.25, 0.3) is 0 Å². The van der Waals surface area contributed by atoms with E-state index < -0.39 is 11.7 Å². The summed E-state index contributed by atoms with van der Waals surface area (Å²) in [5.74, 6) is 1.36. The van der Waals surface area contributed by atoms with Crippen LogP contribution in [-0.4, -0.2) is 23.2 Å². The number of rotatable bonds is 12. The van der Waals surface area contributed by atoms with Crippen molar-refractivity contribution in [3.63, 3.8) is 0 Å². The van der Waals surface area contributed by atoms with Crippen LogP contribution in [0.5, 0.6) is 11.5 Å². The van der Waals surface area contributed by atoms with E-state index in [9.17, 15) is 13.2 Å². The first-order valence-electron chi connectivity index (χ1n) is 11.7. The second-order valence-corrected chi connectivity index (χ2v) is 8.52. The zero-order valence-corrected chi connectivity index (χ0v) is 20.2. The highest BCUT2D eigenvalue weighted by Gasteiger charge is 2.35. The van der Waals surface area contributed by atoms with E-state index in [2.05, 4.69) is 41.4 Å². The summed E-state index contributed by atoms with van der Waals surface area (Å²) < 4.78 is 52.2. The maximum Gasteiger partial charge on any atom is 0.421 e. The van der Waals surface area contributed by atoms with Crippen molar-refractivity contribution in [2.75, 3.05) is 23.8 Å². The van der Waals surface area contributed by atoms with Crippen molar-refractivity contribution in [1.29, 1.82) is 0 Å². The lowest BCUT2D eigenvalue weighted by Crippen LogP contribution is -2.12. The van der Waals surface area contributed by atoms with Crippen LogP contribution in [-0.2, 0) is 6.18 Å². The molecule has 6 nitrogen and oxygen atoms in total. The fourth-order valence-corrected chi connectivity index (χ4v) is 3.11. The van der Waals surface area contributed by atoms with Gasteiger partial charge in [0.05, 0.1) is 13.2 Å². The van der Waals surface area contributed by atoms with Gasteiger partial charge in [0, 0.05) is 23.6 Å². The van der Waals surface area contributed by atoms with E-state index in [1.807, 2.05) is 0 Å². The molecule has 2 N–H and O–H groups in total. The molecule has 0 aliphatic rings. The summed E-state index contributed by atoms with van der Waals surface area (Å²) in [7, 11) is 0. The summed E-state index contributed by atoms with van der Waals surface area (Å²) in [6, 6.07) is 13.9. The average molecular weight is 489 g/mol. The van der Waals surface area contributed by atoms with E-state index in [1.165, 1.54) is 0 Å². The molecule has 0 radical (unpaired) electrons. The molecular weight excluding hydrogens is 457 g/mol. The van der Waals surface area contributed by atoms with Gasteiger partial charge in [0.15, 0.2) is 0 Å². The monoisotopic (exact) mass is 488 g/mol. The zero-order chi connectivity index (χ0) is 25.3. The van der Waals surface area contributed by atoms with Gasteiger partial charge in [-0.15, -0.1) is 0 Å². The normalized spacial score (nSPS) is 11.4. The molecule has 0 aliphatic carbocycles. The Balaban J connectivity index is 1.76. The largest absolute Gasteiger partial charge is 0.494 e. The number of alkyl halides is 3. The zero-order valence-electron chi connectivity index (χ0n) is 20.2. The molecule has 1 heterocycles. The highest BCUT2D eigenvalue weighted by atomic mass is 19.4. The molecule has 0 saturated heterocycles. The van der Waals surface area contributed by atoms with Crippen molar-refractivity contribution in [1.82, 2.24) is 9.97 Å². The second kappa shape index (κ2) is 12.3. The standard InChI is InChI=1S/C26H31F3N4O2/c1-4-5-6-14-34-22-9-7-8-20(15-22)31-24-23(26(27,28)29)16-30-25(33-24)32-19-10-12-21(13-11-19)35-17-18(2)3/h7-13,15-16,18H,4-6,14,17H2,1-3H3,(H2,30,31,32,33). The van der Waals surface area contributed by atoms with Crippen LogP contribution in [0.15, 0.2) is 54.7 Å². The van der Waals surface area contributed by atoms with Crippen molar-refractivity contribution < 1.29 is 22.6 Å². The van der Waals surface area contributed by atoms with Gasteiger partial charge in [0.25, 0.3) is 0 Å². The van der Waals surface area contributed by atoms with Gasteiger partial charge in [-0.2, -0.15) is 18.2 Å². The molecule has 2 aromatic carbocycles. The van der Waals surface area contributed by atoms with Gasteiger partial charge in [0.1, 0.15) is 22.9 Å². The number of hydrogen-bond acceptors (Lipinski definition) is 6. The van der Waals surface area contributed by atoms with Crippen LogP contribution in [0, 0.1) is 5.92 Å². The SMILES string of the molecule is CCCCCOc1cccc(Nc2nc(Nc3ccc(OCC(C)C)cc3)ncc2C(F)(F)F)c1. The predicted molar refractivity (Wildman–Crippen MR) is 132 cm³/mol. The molecule has 9 heteroatoms. The number of nitrogens with one attached hydrogen (secondary N) is 2. The molecule has 0 atom stereocenters. The molecule has 0 amide bonds. The number of benzene rings is 2. The maximum absolute atomic E-state index is 13.6. The number of halogens is 3. The van der Waals surface area contributed by atoms with Gasteiger partial charge in [-0.1, -0.05) is 39.7 Å². The topological polar surface area (TPSA) is 68.3 Å². The minimum atomic E-state index is -4.62. The summed E-state index contributed by atoms with van der Waals surface area (Å²) in [4.78, 5) is 7.96. The van der Waals surface area contributed by atoms with Gasteiger partial charge >= 0.3 is 6.18 Å². The third-order valence-corrected chi connectivity index (χ3v) is 4.90. The summed E-state index contributed by atoms with van der Waals surface area (Å²) in [5.41, 5.74) is 0.0876. The molecule has 0 aliphatic heterocycles. The molecule has 0 bridgehead atoms. The van der Waals surface area contributed by atoms with Crippen molar-refractivity contribution >= 4 is 23.1 Å². The van der Waals surface area contributed by atoms with Crippen LogP contribution >= 0.6 is 0 Å². The van der Waals surface area contributed by atoms with Crippen molar-refractivity contribution in [3.8, 4) is 11.5 Å². The molecule has 1 aromatic heterocycles. The van der Waals surface area contributed by atoms with Gasteiger partial charge in [0.2, 0.25) is 5.95 Å². The van der Waals surface area contributed by atoms with Crippen LogP contribution < -0.4 is 20.1 Å². The first kappa shape index (κ1) is 26.1. The van der Waals surface area contributed by atoms with Gasteiger partial charge in [-0.3, -0.25) is 0 Å². The fraction of sp³-hybridized carbons (Fsp3) is 0.385. The highest BCUT2D eigenvalue weighted by Crippen LogP contribution is 2.35. The van der Waals surface area contributed by atoms with Crippen LogP contribution in [0.1, 0.15) is 45.6 Å². The van der Waals surface area contributed by atoms with Gasteiger partial charge < -0.3 is 20.1 Å². The number of unbranched alkanes of at least 4 members (excludes halogenated alkanes) is 2. The lowest BCUT2D eigenvalue weighted by molar-refractivity contribution is -0.137. The summed E-state index contributed by atoms with van der Waals surface area (Å²) in [6.07, 6.45) is -0.811. The molecular formula is C26H31F3N4O2. The average Bonchev–Trinajstić information content (AvgIpc) is 2.81. The molecule has 0 spiro atoms. The maximum atomic E-state index is 13.6.